The zero-order chi connectivity index (χ0) is 20.9. The highest BCUT2D eigenvalue weighted by molar-refractivity contribution is 6.30. The number of benzene rings is 1. The molecule has 29 heavy (non-hydrogen) atoms. The van der Waals surface area contributed by atoms with Gasteiger partial charge in [-0.25, -0.2) is 4.98 Å². The lowest BCUT2D eigenvalue weighted by Gasteiger charge is -2.29. The van der Waals surface area contributed by atoms with Crippen LogP contribution in [0.25, 0.3) is 0 Å². The van der Waals surface area contributed by atoms with Gasteiger partial charge in [0.15, 0.2) is 6.61 Å². The molecule has 1 saturated carbocycles. The Balaban J connectivity index is 1.40. The number of aromatic nitrogens is 1. The average Bonchev–Trinajstić information content (AvgIpc) is 2.69. The number of nitrogens with zero attached hydrogens (tertiary/aromatic N) is 1. The Labute approximate surface area is 171 Å². The van der Waals surface area contributed by atoms with E-state index in [0.717, 1.165) is 37.8 Å². The van der Waals surface area contributed by atoms with E-state index in [9.17, 15) is 18.0 Å². The number of pyridine rings is 1. The minimum absolute atomic E-state index is 0.00236. The van der Waals surface area contributed by atoms with E-state index >= 15 is 0 Å². The van der Waals surface area contributed by atoms with Crippen LogP contribution in [0.3, 0.4) is 0 Å². The van der Waals surface area contributed by atoms with Gasteiger partial charge < -0.3 is 14.8 Å². The fraction of sp³-hybridized carbons (Fsp3) is 0.400. The predicted molar refractivity (Wildman–Crippen MR) is 101 cm³/mol. The van der Waals surface area contributed by atoms with Gasteiger partial charge in [0.05, 0.1) is 10.6 Å². The van der Waals surface area contributed by atoms with Gasteiger partial charge in [0.25, 0.3) is 5.91 Å². The third-order valence-electron chi connectivity index (χ3n) is 4.56. The molecule has 1 aromatic carbocycles. The molecule has 1 amide bonds. The number of hydrogen-bond donors (Lipinski definition) is 1. The van der Waals surface area contributed by atoms with E-state index in [-0.39, 0.29) is 30.4 Å². The van der Waals surface area contributed by atoms with E-state index in [1.165, 1.54) is 18.3 Å². The van der Waals surface area contributed by atoms with Crippen LogP contribution < -0.4 is 14.8 Å². The standard InChI is InChI=1S/C20H20ClF3N2O3/c21-14-4-9-19(25-11-14)29-16-7-5-15(6-8-16)26-18(27)12-28-17-3-1-2-13(10-17)20(22,23)24/h1-4,9-11,15-16H,5-8,12H2,(H,26,27). The van der Waals surface area contributed by atoms with Crippen LogP contribution in [-0.4, -0.2) is 29.6 Å². The lowest BCUT2D eigenvalue weighted by atomic mass is 9.93. The Hall–Kier alpha value is -2.48. The van der Waals surface area contributed by atoms with Crippen molar-refractivity contribution < 1.29 is 27.4 Å². The minimum atomic E-state index is -4.45. The van der Waals surface area contributed by atoms with E-state index in [2.05, 4.69) is 10.3 Å². The zero-order valence-corrected chi connectivity index (χ0v) is 16.2. The van der Waals surface area contributed by atoms with Crippen LogP contribution in [0.2, 0.25) is 5.02 Å². The maximum absolute atomic E-state index is 12.7. The summed E-state index contributed by atoms with van der Waals surface area (Å²) in [6.45, 7) is -0.341. The number of ether oxygens (including phenoxy) is 2. The van der Waals surface area contributed by atoms with E-state index in [1.807, 2.05) is 0 Å². The molecule has 1 N–H and O–H groups in total. The number of carbonyl (C=O) groups excluding carboxylic acids is 1. The van der Waals surface area contributed by atoms with Crippen molar-refractivity contribution in [1.82, 2.24) is 10.3 Å². The molecule has 0 saturated heterocycles. The number of hydrogen-bond acceptors (Lipinski definition) is 4. The lowest BCUT2D eigenvalue weighted by Crippen LogP contribution is -2.41. The topological polar surface area (TPSA) is 60.5 Å². The number of halogens is 4. The maximum atomic E-state index is 12.7. The summed E-state index contributed by atoms with van der Waals surface area (Å²) in [7, 11) is 0. The van der Waals surface area contributed by atoms with Crippen molar-refractivity contribution >= 4 is 17.5 Å². The largest absolute Gasteiger partial charge is 0.484 e. The van der Waals surface area contributed by atoms with E-state index < -0.39 is 11.7 Å². The SMILES string of the molecule is O=C(COc1cccc(C(F)(F)F)c1)NC1CCC(Oc2ccc(Cl)cn2)CC1. The molecule has 1 heterocycles. The summed E-state index contributed by atoms with van der Waals surface area (Å²) in [5.41, 5.74) is -0.816. The Morgan fingerprint density at radius 2 is 1.93 bits per heavy atom. The summed E-state index contributed by atoms with van der Waals surface area (Å²) < 4.78 is 49.1. The van der Waals surface area contributed by atoms with Crippen LogP contribution in [0.4, 0.5) is 13.2 Å². The third kappa shape index (κ3) is 6.52. The molecule has 5 nitrogen and oxygen atoms in total. The minimum Gasteiger partial charge on any atom is -0.484 e. The number of nitrogens with one attached hydrogen (secondary N) is 1. The van der Waals surface area contributed by atoms with Crippen molar-refractivity contribution in [3.63, 3.8) is 0 Å². The van der Waals surface area contributed by atoms with Crippen molar-refractivity contribution in [2.45, 2.75) is 44.0 Å². The van der Waals surface area contributed by atoms with E-state index in [0.29, 0.717) is 10.9 Å². The third-order valence-corrected chi connectivity index (χ3v) is 4.78. The molecule has 0 radical (unpaired) electrons. The Morgan fingerprint density at radius 3 is 2.59 bits per heavy atom. The summed E-state index contributed by atoms with van der Waals surface area (Å²) in [6, 6.07) is 7.85. The highest BCUT2D eigenvalue weighted by atomic mass is 35.5. The molecular weight excluding hydrogens is 409 g/mol. The molecular formula is C20H20ClF3N2O3. The first-order valence-electron chi connectivity index (χ1n) is 9.17. The van der Waals surface area contributed by atoms with E-state index in [1.54, 1.807) is 12.1 Å². The van der Waals surface area contributed by atoms with Crippen LogP contribution in [0.15, 0.2) is 42.6 Å². The smallest absolute Gasteiger partial charge is 0.416 e. The van der Waals surface area contributed by atoms with Gasteiger partial charge in [0.2, 0.25) is 5.88 Å². The highest BCUT2D eigenvalue weighted by Crippen LogP contribution is 2.31. The molecule has 1 aliphatic carbocycles. The lowest BCUT2D eigenvalue weighted by molar-refractivity contribution is -0.137. The summed E-state index contributed by atoms with van der Waals surface area (Å²) in [4.78, 5) is 16.2. The average molecular weight is 429 g/mol. The van der Waals surface area contributed by atoms with Crippen LogP contribution in [0, 0.1) is 0 Å². The van der Waals surface area contributed by atoms with E-state index in [4.69, 9.17) is 21.1 Å². The number of carbonyl (C=O) groups is 1. The molecule has 0 atom stereocenters. The fourth-order valence-corrected chi connectivity index (χ4v) is 3.22. The first kappa shape index (κ1) is 21.2. The highest BCUT2D eigenvalue weighted by Gasteiger charge is 2.30. The zero-order valence-electron chi connectivity index (χ0n) is 15.4. The van der Waals surface area contributed by atoms with Gasteiger partial charge in [-0.3, -0.25) is 4.79 Å². The number of amides is 1. The monoisotopic (exact) mass is 428 g/mol. The summed E-state index contributed by atoms with van der Waals surface area (Å²) in [5.74, 6) is 0.144. The summed E-state index contributed by atoms with van der Waals surface area (Å²) >= 11 is 5.80. The molecule has 0 aliphatic heterocycles. The normalized spacial score (nSPS) is 19.4. The summed E-state index contributed by atoms with van der Waals surface area (Å²) in [5, 5.41) is 3.39. The molecule has 0 spiro atoms. The molecule has 0 unspecified atom stereocenters. The second kappa shape index (κ2) is 9.35. The molecule has 156 valence electrons. The second-order valence-electron chi connectivity index (χ2n) is 6.79. The van der Waals surface area contributed by atoms with Gasteiger partial charge in [0, 0.05) is 18.3 Å². The van der Waals surface area contributed by atoms with Crippen molar-refractivity contribution in [2.75, 3.05) is 6.61 Å². The van der Waals surface area contributed by atoms with Crippen LogP contribution >= 0.6 is 11.6 Å². The van der Waals surface area contributed by atoms with Gasteiger partial charge in [-0.15, -0.1) is 0 Å². The molecule has 1 fully saturated rings. The molecule has 2 aromatic rings. The van der Waals surface area contributed by atoms with Gasteiger partial charge in [-0.05, 0) is 49.9 Å². The molecule has 9 heteroatoms. The van der Waals surface area contributed by atoms with Gasteiger partial charge in [-0.2, -0.15) is 13.2 Å². The van der Waals surface area contributed by atoms with Gasteiger partial charge in [-0.1, -0.05) is 17.7 Å². The van der Waals surface area contributed by atoms with Gasteiger partial charge >= 0.3 is 6.18 Å². The van der Waals surface area contributed by atoms with Crippen LogP contribution in [0.5, 0.6) is 11.6 Å². The predicted octanol–water partition coefficient (Wildman–Crippen LogP) is 4.64. The number of alkyl halides is 3. The van der Waals surface area contributed by atoms with Crippen LogP contribution in [-0.2, 0) is 11.0 Å². The first-order chi connectivity index (χ1) is 13.8. The maximum Gasteiger partial charge on any atom is 0.416 e. The Bertz CT molecular complexity index is 822. The van der Waals surface area contributed by atoms with Crippen molar-refractivity contribution in [2.24, 2.45) is 0 Å². The van der Waals surface area contributed by atoms with Gasteiger partial charge in [0.1, 0.15) is 11.9 Å². The van der Waals surface area contributed by atoms with Crippen molar-refractivity contribution in [3.8, 4) is 11.6 Å². The molecule has 3 rings (SSSR count). The molecule has 0 bridgehead atoms. The van der Waals surface area contributed by atoms with Crippen molar-refractivity contribution in [3.05, 3.63) is 53.2 Å². The fourth-order valence-electron chi connectivity index (χ4n) is 3.11. The Kier molecular flexibility index (Phi) is 6.84. The second-order valence-corrected chi connectivity index (χ2v) is 7.22. The Morgan fingerprint density at radius 1 is 1.17 bits per heavy atom. The quantitative estimate of drug-likeness (QED) is 0.728. The molecule has 1 aromatic heterocycles. The first-order valence-corrected chi connectivity index (χ1v) is 9.55. The molecule has 1 aliphatic rings. The van der Waals surface area contributed by atoms with Crippen molar-refractivity contribution in [1.29, 1.82) is 0 Å². The number of rotatable bonds is 6. The summed E-state index contributed by atoms with van der Waals surface area (Å²) in [6.07, 6.45) is 0.0455. The van der Waals surface area contributed by atoms with Crippen LogP contribution in [0.1, 0.15) is 31.2 Å².